The summed E-state index contributed by atoms with van der Waals surface area (Å²) in [5, 5.41) is 0.869. The first kappa shape index (κ1) is 12.8. The summed E-state index contributed by atoms with van der Waals surface area (Å²) >= 11 is 6.24. The van der Waals surface area contributed by atoms with Crippen LogP contribution in [0.5, 0.6) is 0 Å². The lowest BCUT2D eigenvalue weighted by atomic mass is 10.1. The van der Waals surface area contributed by atoms with Crippen LogP contribution in [0.25, 0.3) is 0 Å². The van der Waals surface area contributed by atoms with Gasteiger partial charge < -0.3 is 10.6 Å². The normalized spacial score (nSPS) is 19.9. The molecule has 1 aliphatic heterocycles. The van der Waals surface area contributed by atoms with E-state index in [0.29, 0.717) is 12.6 Å². The molecular weight excluding hydrogens is 234 g/mol. The first-order valence-corrected chi connectivity index (χ1v) is 6.37. The molecule has 0 saturated carbocycles. The Hall–Kier alpha value is -0.610. The maximum atomic E-state index is 6.24. The number of likely N-dealkylation sites (N-methyl/N-ethyl adjacent to an activating group) is 1. The first-order valence-electron chi connectivity index (χ1n) is 5.99. The van der Waals surface area contributed by atoms with E-state index in [1.807, 2.05) is 12.1 Å². The van der Waals surface area contributed by atoms with Crippen LogP contribution < -0.4 is 5.73 Å². The molecule has 1 heterocycles. The molecule has 0 radical (unpaired) electrons. The highest BCUT2D eigenvalue weighted by Gasteiger charge is 2.29. The van der Waals surface area contributed by atoms with Crippen molar-refractivity contribution in [3.8, 4) is 0 Å². The van der Waals surface area contributed by atoms with Gasteiger partial charge >= 0.3 is 0 Å². The summed E-state index contributed by atoms with van der Waals surface area (Å²) in [6.07, 6.45) is 0. The largest absolute Gasteiger partial charge is 0.329 e. The van der Waals surface area contributed by atoms with E-state index in [4.69, 9.17) is 17.3 Å². The Morgan fingerprint density at radius 1 is 1.47 bits per heavy atom. The maximum absolute atomic E-state index is 6.24. The van der Waals surface area contributed by atoms with Gasteiger partial charge in [0, 0.05) is 37.2 Å². The maximum Gasteiger partial charge on any atom is 0.0478 e. The van der Waals surface area contributed by atoms with E-state index >= 15 is 0 Å². The molecule has 94 valence electrons. The number of fused-ring (bicyclic) bond motifs is 1. The fraction of sp³-hybridized carbons (Fsp3) is 0.538. The molecule has 0 aliphatic carbocycles. The molecular formula is C13H20ClN3. The Morgan fingerprint density at radius 3 is 2.88 bits per heavy atom. The predicted octanol–water partition coefficient (Wildman–Crippen LogP) is 1.72. The average Bonchev–Trinajstić information content (AvgIpc) is 2.65. The van der Waals surface area contributed by atoms with Gasteiger partial charge in [0.1, 0.15) is 0 Å². The highest BCUT2D eigenvalue weighted by atomic mass is 35.5. The van der Waals surface area contributed by atoms with Crippen LogP contribution in [0.1, 0.15) is 17.2 Å². The Balaban J connectivity index is 2.16. The van der Waals surface area contributed by atoms with Crippen molar-refractivity contribution in [2.75, 3.05) is 33.7 Å². The molecule has 1 aromatic rings. The minimum Gasteiger partial charge on any atom is -0.329 e. The number of benzene rings is 1. The Bertz CT molecular complexity index is 392. The van der Waals surface area contributed by atoms with Gasteiger partial charge in [0.2, 0.25) is 0 Å². The fourth-order valence-corrected chi connectivity index (χ4v) is 2.65. The number of rotatable bonds is 4. The Morgan fingerprint density at radius 2 is 2.24 bits per heavy atom. The van der Waals surface area contributed by atoms with Crippen LogP contribution in [0.4, 0.5) is 0 Å². The van der Waals surface area contributed by atoms with Gasteiger partial charge in [-0.3, -0.25) is 4.90 Å². The van der Waals surface area contributed by atoms with Crippen molar-refractivity contribution in [3.05, 3.63) is 34.3 Å². The summed E-state index contributed by atoms with van der Waals surface area (Å²) < 4.78 is 0. The third-order valence-corrected chi connectivity index (χ3v) is 3.73. The summed E-state index contributed by atoms with van der Waals surface area (Å²) in [5.74, 6) is 0. The molecule has 2 rings (SSSR count). The second-order valence-electron chi connectivity index (χ2n) is 4.83. The summed E-state index contributed by atoms with van der Waals surface area (Å²) in [4.78, 5) is 4.61. The molecule has 0 fully saturated rings. The molecule has 1 unspecified atom stereocenters. The zero-order valence-corrected chi connectivity index (χ0v) is 11.2. The van der Waals surface area contributed by atoms with Crippen molar-refractivity contribution in [3.63, 3.8) is 0 Å². The van der Waals surface area contributed by atoms with Gasteiger partial charge in [-0.05, 0) is 31.3 Å². The highest BCUT2D eigenvalue weighted by Crippen LogP contribution is 2.36. The summed E-state index contributed by atoms with van der Waals surface area (Å²) in [7, 11) is 4.18. The van der Waals surface area contributed by atoms with E-state index in [1.54, 1.807) is 0 Å². The van der Waals surface area contributed by atoms with E-state index in [1.165, 1.54) is 11.1 Å². The Kier molecular flexibility index (Phi) is 4.05. The zero-order valence-electron chi connectivity index (χ0n) is 10.5. The van der Waals surface area contributed by atoms with Crippen molar-refractivity contribution in [1.82, 2.24) is 9.80 Å². The molecule has 0 bridgehead atoms. The standard InChI is InChI=1S/C13H20ClN3/c1-16(2)6-7-17-9-11-10(13(17)8-15)4-3-5-12(11)14/h3-5,13H,6-9,15H2,1-2H3. The molecule has 1 aliphatic rings. The second kappa shape index (κ2) is 5.36. The number of hydrogen-bond donors (Lipinski definition) is 1. The van der Waals surface area contributed by atoms with Crippen LogP contribution in [0.3, 0.4) is 0 Å². The minimum atomic E-state index is 0.323. The van der Waals surface area contributed by atoms with Gasteiger partial charge in [0.05, 0.1) is 0 Å². The molecule has 0 amide bonds. The topological polar surface area (TPSA) is 32.5 Å². The van der Waals surface area contributed by atoms with E-state index in [9.17, 15) is 0 Å². The number of hydrogen-bond acceptors (Lipinski definition) is 3. The van der Waals surface area contributed by atoms with E-state index in [2.05, 4.69) is 30.0 Å². The van der Waals surface area contributed by atoms with Crippen molar-refractivity contribution in [2.24, 2.45) is 5.73 Å². The third-order valence-electron chi connectivity index (χ3n) is 3.37. The summed E-state index contributed by atoms with van der Waals surface area (Å²) in [5.41, 5.74) is 8.45. The smallest absolute Gasteiger partial charge is 0.0478 e. The number of nitrogens with zero attached hydrogens (tertiary/aromatic N) is 2. The van der Waals surface area contributed by atoms with Crippen molar-refractivity contribution < 1.29 is 0 Å². The van der Waals surface area contributed by atoms with Crippen molar-refractivity contribution in [1.29, 1.82) is 0 Å². The van der Waals surface area contributed by atoms with Crippen molar-refractivity contribution >= 4 is 11.6 Å². The SMILES string of the molecule is CN(C)CCN1Cc2c(Cl)cccc2C1CN. The quantitative estimate of drug-likeness (QED) is 0.887. The van der Waals surface area contributed by atoms with Gasteiger partial charge in [-0.2, -0.15) is 0 Å². The number of halogens is 1. The molecule has 1 atom stereocenters. The average molecular weight is 254 g/mol. The molecule has 2 N–H and O–H groups in total. The van der Waals surface area contributed by atoms with Crippen molar-refractivity contribution in [2.45, 2.75) is 12.6 Å². The van der Waals surface area contributed by atoms with Crippen LogP contribution in [-0.2, 0) is 6.54 Å². The molecule has 4 heteroatoms. The van der Waals surface area contributed by atoms with Crippen LogP contribution in [0.2, 0.25) is 5.02 Å². The lowest BCUT2D eigenvalue weighted by Crippen LogP contribution is -2.33. The lowest BCUT2D eigenvalue weighted by molar-refractivity contribution is 0.197. The van der Waals surface area contributed by atoms with E-state index in [-0.39, 0.29) is 0 Å². The van der Waals surface area contributed by atoms with E-state index < -0.39 is 0 Å². The van der Waals surface area contributed by atoms with Gasteiger partial charge in [-0.1, -0.05) is 23.7 Å². The molecule has 0 saturated heterocycles. The predicted molar refractivity (Wildman–Crippen MR) is 72.2 cm³/mol. The van der Waals surface area contributed by atoms with Crippen LogP contribution in [0.15, 0.2) is 18.2 Å². The van der Waals surface area contributed by atoms with Gasteiger partial charge in [0.15, 0.2) is 0 Å². The minimum absolute atomic E-state index is 0.323. The monoisotopic (exact) mass is 253 g/mol. The molecule has 0 aromatic heterocycles. The molecule has 17 heavy (non-hydrogen) atoms. The summed E-state index contributed by atoms with van der Waals surface area (Å²) in [6.45, 7) is 3.65. The third kappa shape index (κ3) is 2.63. The second-order valence-corrected chi connectivity index (χ2v) is 5.24. The fourth-order valence-electron chi connectivity index (χ4n) is 2.40. The lowest BCUT2D eigenvalue weighted by Gasteiger charge is -2.25. The van der Waals surface area contributed by atoms with Gasteiger partial charge in [-0.25, -0.2) is 0 Å². The molecule has 1 aromatic carbocycles. The first-order chi connectivity index (χ1) is 8.13. The van der Waals surface area contributed by atoms with Crippen LogP contribution >= 0.6 is 11.6 Å². The van der Waals surface area contributed by atoms with Gasteiger partial charge in [-0.15, -0.1) is 0 Å². The van der Waals surface area contributed by atoms with E-state index in [0.717, 1.165) is 24.7 Å². The van der Waals surface area contributed by atoms with Crippen LogP contribution in [-0.4, -0.2) is 43.5 Å². The van der Waals surface area contributed by atoms with Crippen LogP contribution in [0, 0.1) is 0 Å². The molecule has 0 spiro atoms. The highest BCUT2D eigenvalue weighted by molar-refractivity contribution is 6.31. The summed E-state index contributed by atoms with van der Waals surface area (Å²) in [6, 6.07) is 6.44. The number of nitrogens with two attached hydrogens (primary N) is 1. The molecule has 3 nitrogen and oxygen atoms in total. The zero-order chi connectivity index (χ0) is 12.4. The Labute approximate surface area is 108 Å². The van der Waals surface area contributed by atoms with Gasteiger partial charge in [0.25, 0.3) is 0 Å².